The second-order valence-corrected chi connectivity index (χ2v) is 6.83. The first-order chi connectivity index (χ1) is 9.33. The lowest BCUT2D eigenvalue weighted by Gasteiger charge is -2.30. The summed E-state index contributed by atoms with van der Waals surface area (Å²) in [6.07, 6.45) is 4.11. The van der Waals surface area contributed by atoms with Crippen molar-refractivity contribution in [1.82, 2.24) is 5.32 Å². The monoisotopic (exact) mass is 310 g/mol. The first-order valence-electron chi connectivity index (χ1n) is 7.48. The van der Waals surface area contributed by atoms with Crippen LogP contribution < -0.4 is 11.1 Å². The summed E-state index contributed by atoms with van der Waals surface area (Å²) in [5.74, 6) is 0.138. The summed E-state index contributed by atoms with van der Waals surface area (Å²) in [5.41, 5.74) is 7.61. The zero-order valence-electron chi connectivity index (χ0n) is 13.2. The number of nitrogens with two attached hydrogens (primary N) is 1. The van der Waals surface area contributed by atoms with Gasteiger partial charge < -0.3 is 11.1 Å². The molecule has 21 heavy (non-hydrogen) atoms. The van der Waals surface area contributed by atoms with Gasteiger partial charge >= 0.3 is 0 Å². The first kappa shape index (κ1) is 18.0. The fraction of sp³-hybridized carbons (Fsp3) is 0.588. The Morgan fingerprint density at radius 3 is 2.48 bits per heavy atom. The predicted octanol–water partition coefficient (Wildman–Crippen LogP) is 3.08. The zero-order valence-corrected chi connectivity index (χ0v) is 14.1. The Hall–Kier alpha value is -1.06. The standard InChI is InChI=1S/C17H26N2O.ClH/c1-13-7-6-8-14(11-13)17(9-4-5-10-17)15(20)19-12-16(2,3)18;/h6-8,11H,4-5,9-10,12,18H2,1-3H3,(H,19,20);1H. The fourth-order valence-electron chi connectivity index (χ4n) is 3.05. The maximum Gasteiger partial charge on any atom is 0.230 e. The summed E-state index contributed by atoms with van der Waals surface area (Å²) in [7, 11) is 0. The van der Waals surface area contributed by atoms with E-state index in [4.69, 9.17) is 5.73 Å². The molecule has 1 fully saturated rings. The van der Waals surface area contributed by atoms with E-state index in [0.29, 0.717) is 6.54 Å². The molecule has 1 aliphatic carbocycles. The summed E-state index contributed by atoms with van der Waals surface area (Å²) in [4.78, 5) is 12.8. The molecule has 3 N–H and O–H groups in total. The molecule has 118 valence electrons. The Labute approximate surface area is 134 Å². The molecule has 0 unspecified atom stereocenters. The van der Waals surface area contributed by atoms with Crippen LogP contribution in [0.4, 0.5) is 0 Å². The van der Waals surface area contributed by atoms with Crippen LogP contribution >= 0.6 is 12.4 Å². The third-order valence-electron chi connectivity index (χ3n) is 4.17. The average molecular weight is 311 g/mol. The van der Waals surface area contributed by atoms with Gasteiger partial charge in [-0.1, -0.05) is 42.7 Å². The highest BCUT2D eigenvalue weighted by molar-refractivity contribution is 5.88. The molecule has 0 radical (unpaired) electrons. The summed E-state index contributed by atoms with van der Waals surface area (Å²) in [5, 5.41) is 3.06. The maximum absolute atomic E-state index is 12.8. The largest absolute Gasteiger partial charge is 0.354 e. The number of amides is 1. The number of aryl methyl sites for hydroxylation is 1. The normalized spacial score (nSPS) is 17.1. The molecule has 1 aromatic rings. The van der Waals surface area contributed by atoms with Gasteiger partial charge in [0, 0.05) is 12.1 Å². The van der Waals surface area contributed by atoms with Crippen LogP contribution in [0, 0.1) is 6.92 Å². The van der Waals surface area contributed by atoms with Gasteiger partial charge in [0.25, 0.3) is 0 Å². The first-order valence-corrected chi connectivity index (χ1v) is 7.48. The lowest BCUT2D eigenvalue weighted by Crippen LogP contribution is -2.50. The molecule has 0 atom stereocenters. The van der Waals surface area contributed by atoms with Crippen molar-refractivity contribution < 1.29 is 4.79 Å². The lowest BCUT2D eigenvalue weighted by molar-refractivity contribution is -0.126. The summed E-state index contributed by atoms with van der Waals surface area (Å²) in [6.45, 7) is 6.45. The Bertz CT molecular complexity index is 488. The van der Waals surface area contributed by atoms with Gasteiger partial charge in [-0.05, 0) is 39.2 Å². The molecule has 0 aromatic heterocycles. The fourth-order valence-corrected chi connectivity index (χ4v) is 3.05. The SMILES string of the molecule is Cc1cccc(C2(C(=O)NCC(C)(C)N)CCCC2)c1.Cl. The van der Waals surface area contributed by atoms with Gasteiger partial charge in [0.1, 0.15) is 0 Å². The van der Waals surface area contributed by atoms with Gasteiger partial charge in [0.15, 0.2) is 0 Å². The Kier molecular flexibility index (Phi) is 5.83. The third kappa shape index (κ3) is 4.21. The average Bonchev–Trinajstić information content (AvgIpc) is 2.85. The smallest absolute Gasteiger partial charge is 0.230 e. The molecule has 3 nitrogen and oxygen atoms in total. The van der Waals surface area contributed by atoms with Gasteiger partial charge in [-0.2, -0.15) is 0 Å². The van der Waals surface area contributed by atoms with Crippen LogP contribution in [0.1, 0.15) is 50.7 Å². The molecular weight excluding hydrogens is 284 g/mol. The number of halogens is 1. The Morgan fingerprint density at radius 2 is 1.95 bits per heavy atom. The summed E-state index contributed by atoms with van der Waals surface area (Å²) >= 11 is 0. The van der Waals surface area contributed by atoms with Crippen molar-refractivity contribution in [2.45, 2.75) is 57.4 Å². The van der Waals surface area contributed by atoms with Crippen LogP contribution in [0.25, 0.3) is 0 Å². The van der Waals surface area contributed by atoms with Gasteiger partial charge in [0.2, 0.25) is 5.91 Å². The second kappa shape index (κ2) is 6.80. The van der Waals surface area contributed by atoms with Crippen LogP contribution in [-0.4, -0.2) is 18.0 Å². The van der Waals surface area contributed by atoms with E-state index in [0.717, 1.165) is 31.2 Å². The number of carbonyl (C=O) groups excluding carboxylic acids is 1. The van der Waals surface area contributed by atoms with Crippen LogP contribution in [0.3, 0.4) is 0 Å². The molecular formula is C17H27ClN2O. The van der Waals surface area contributed by atoms with Crippen molar-refractivity contribution >= 4 is 18.3 Å². The van der Waals surface area contributed by atoms with E-state index in [-0.39, 0.29) is 29.3 Å². The number of carbonyl (C=O) groups is 1. The minimum atomic E-state index is -0.373. The quantitative estimate of drug-likeness (QED) is 0.898. The summed E-state index contributed by atoms with van der Waals surface area (Å²) < 4.78 is 0. The molecule has 0 saturated heterocycles. The van der Waals surface area contributed by atoms with E-state index >= 15 is 0 Å². The highest BCUT2D eigenvalue weighted by Gasteiger charge is 2.42. The van der Waals surface area contributed by atoms with Crippen LogP contribution in [0.2, 0.25) is 0 Å². The van der Waals surface area contributed by atoms with Gasteiger partial charge in [-0.25, -0.2) is 0 Å². The van der Waals surface area contributed by atoms with E-state index in [1.807, 2.05) is 19.9 Å². The van der Waals surface area contributed by atoms with Crippen LogP contribution in [0.15, 0.2) is 24.3 Å². The molecule has 1 aromatic carbocycles. The second-order valence-electron chi connectivity index (χ2n) is 6.83. The van der Waals surface area contributed by atoms with E-state index in [9.17, 15) is 4.79 Å². The number of benzene rings is 1. The highest BCUT2D eigenvalue weighted by atomic mass is 35.5. The number of hydrogen-bond donors (Lipinski definition) is 2. The van der Waals surface area contributed by atoms with Gasteiger partial charge in [-0.3, -0.25) is 4.79 Å². The molecule has 0 heterocycles. The van der Waals surface area contributed by atoms with Gasteiger partial charge in [-0.15, -0.1) is 12.4 Å². The van der Waals surface area contributed by atoms with Crippen LogP contribution in [0.5, 0.6) is 0 Å². The zero-order chi connectivity index (χ0) is 14.8. The van der Waals surface area contributed by atoms with Crippen molar-refractivity contribution in [2.75, 3.05) is 6.54 Å². The van der Waals surface area contributed by atoms with Crippen molar-refractivity contribution in [1.29, 1.82) is 0 Å². The number of hydrogen-bond acceptors (Lipinski definition) is 2. The highest BCUT2D eigenvalue weighted by Crippen LogP contribution is 2.41. The third-order valence-corrected chi connectivity index (χ3v) is 4.17. The molecule has 1 aliphatic rings. The molecule has 2 rings (SSSR count). The molecule has 0 bridgehead atoms. The number of rotatable bonds is 4. The molecule has 1 saturated carbocycles. The summed E-state index contributed by atoms with van der Waals surface area (Å²) in [6, 6.07) is 8.36. The minimum Gasteiger partial charge on any atom is -0.354 e. The van der Waals surface area contributed by atoms with E-state index in [1.165, 1.54) is 5.56 Å². The molecule has 0 spiro atoms. The van der Waals surface area contributed by atoms with E-state index in [1.54, 1.807) is 0 Å². The van der Waals surface area contributed by atoms with E-state index < -0.39 is 0 Å². The van der Waals surface area contributed by atoms with Crippen molar-refractivity contribution in [3.05, 3.63) is 35.4 Å². The van der Waals surface area contributed by atoms with Crippen molar-refractivity contribution in [3.63, 3.8) is 0 Å². The van der Waals surface area contributed by atoms with E-state index in [2.05, 4.69) is 30.4 Å². The lowest BCUT2D eigenvalue weighted by atomic mass is 9.77. The molecule has 0 aliphatic heterocycles. The molecule has 1 amide bonds. The van der Waals surface area contributed by atoms with Crippen molar-refractivity contribution in [2.24, 2.45) is 5.73 Å². The maximum atomic E-state index is 12.8. The van der Waals surface area contributed by atoms with Crippen molar-refractivity contribution in [3.8, 4) is 0 Å². The van der Waals surface area contributed by atoms with Gasteiger partial charge in [0.05, 0.1) is 5.41 Å². The molecule has 4 heteroatoms. The topological polar surface area (TPSA) is 55.1 Å². The number of nitrogens with one attached hydrogen (secondary N) is 1. The van der Waals surface area contributed by atoms with Crippen LogP contribution in [-0.2, 0) is 10.2 Å². The Balaban J connectivity index is 0.00000220. The minimum absolute atomic E-state index is 0. The Morgan fingerprint density at radius 1 is 1.33 bits per heavy atom. The predicted molar refractivity (Wildman–Crippen MR) is 89.8 cm³/mol.